The van der Waals surface area contributed by atoms with E-state index in [9.17, 15) is 14.7 Å². The largest absolute Gasteiger partial charge is 0.480 e. The molecule has 1 aliphatic heterocycles. The molecular weight excluding hydrogens is 290 g/mol. The first-order valence-electron chi connectivity index (χ1n) is 7.29. The number of likely N-dealkylation sites (tertiary alicyclic amines) is 1. The Labute approximate surface area is 128 Å². The Kier molecular flexibility index (Phi) is 3.66. The van der Waals surface area contributed by atoms with Crippen LogP contribution in [0.3, 0.4) is 0 Å². The minimum absolute atomic E-state index is 0.0932. The molecule has 1 heterocycles. The van der Waals surface area contributed by atoms with Crippen LogP contribution in [0, 0.1) is 18.8 Å². The van der Waals surface area contributed by atoms with Crippen molar-refractivity contribution in [3.63, 3.8) is 0 Å². The van der Waals surface area contributed by atoms with E-state index in [-0.39, 0.29) is 11.8 Å². The SMILES string of the molecule is Cc1ccc(C(=O)N2CC3CCCC3C2C(=O)O)c(Cl)c1. The summed E-state index contributed by atoms with van der Waals surface area (Å²) in [6.07, 6.45) is 2.97. The monoisotopic (exact) mass is 307 g/mol. The van der Waals surface area contributed by atoms with E-state index in [1.54, 1.807) is 12.1 Å². The maximum Gasteiger partial charge on any atom is 0.326 e. The summed E-state index contributed by atoms with van der Waals surface area (Å²) < 4.78 is 0. The zero-order chi connectivity index (χ0) is 15.1. The van der Waals surface area contributed by atoms with Crippen LogP contribution >= 0.6 is 11.6 Å². The molecular formula is C16H18ClNO3. The lowest BCUT2D eigenvalue weighted by Gasteiger charge is -2.25. The average Bonchev–Trinajstić information content (AvgIpc) is 2.96. The summed E-state index contributed by atoms with van der Waals surface area (Å²) in [6, 6.07) is 4.54. The molecule has 1 amide bonds. The molecule has 2 fully saturated rings. The molecule has 0 bridgehead atoms. The zero-order valence-electron chi connectivity index (χ0n) is 11.9. The van der Waals surface area contributed by atoms with E-state index in [0.29, 0.717) is 23.0 Å². The molecule has 1 aliphatic carbocycles. The van der Waals surface area contributed by atoms with Gasteiger partial charge in [-0.3, -0.25) is 4.79 Å². The second-order valence-corrected chi connectivity index (χ2v) is 6.49. The number of hydrogen-bond acceptors (Lipinski definition) is 2. The fourth-order valence-electron chi connectivity index (χ4n) is 3.78. The van der Waals surface area contributed by atoms with Crippen LogP contribution in [0.15, 0.2) is 18.2 Å². The van der Waals surface area contributed by atoms with Gasteiger partial charge in [-0.1, -0.05) is 24.1 Å². The van der Waals surface area contributed by atoms with Gasteiger partial charge in [0, 0.05) is 6.54 Å². The number of halogens is 1. The van der Waals surface area contributed by atoms with Crippen molar-refractivity contribution < 1.29 is 14.7 Å². The van der Waals surface area contributed by atoms with Crippen molar-refractivity contribution in [2.45, 2.75) is 32.2 Å². The summed E-state index contributed by atoms with van der Waals surface area (Å²) in [4.78, 5) is 25.8. The van der Waals surface area contributed by atoms with Gasteiger partial charge in [0.25, 0.3) is 5.91 Å². The lowest BCUT2D eigenvalue weighted by molar-refractivity contribution is -0.142. The molecule has 2 aliphatic rings. The topological polar surface area (TPSA) is 57.6 Å². The smallest absolute Gasteiger partial charge is 0.326 e. The van der Waals surface area contributed by atoms with Crippen LogP contribution < -0.4 is 0 Å². The Morgan fingerprint density at radius 2 is 2.10 bits per heavy atom. The molecule has 112 valence electrons. The normalized spacial score (nSPS) is 27.7. The molecule has 1 saturated carbocycles. The number of rotatable bonds is 2. The highest BCUT2D eigenvalue weighted by Gasteiger charge is 2.49. The highest BCUT2D eigenvalue weighted by Crippen LogP contribution is 2.43. The van der Waals surface area contributed by atoms with Gasteiger partial charge >= 0.3 is 5.97 Å². The molecule has 1 N–H and O–H groups in total. The van der Waals surface area contributed by atoms with E-state index in [1.165, 1.54) is 4.90 Å². The van der Waals surface area contributed by atoms with Gasteiger partial charge in [-0.15, -0.1) is 0 Å². The number of aliphatic carboxylic acids is 1. The van der Waals surface area contributed by atoms with Gasteiger partial charge in [0.2, 0.25) is 0 Å². The van der Waals surface area contributed by atoms with Crippen molar-refractivity contribution in [1.29, 1.82) is 0 Å². The minimum atomic E-state index is -0.902. The number of hydrogen-bond donors (Lipinski definition) is 1. The molecule has 0 spiro atoms. The Hall–Kier alpha value is -1.55. The Bertz CT molecular complexity index is 601. The molecule has 3 atom stereocenters. The molecule has 4 nitrogen and oxygen atoms in total. The summed E-state index contributed by atoms with van der Waals surface area (Å²) in [5, 5.41) is 9.90. The van der Waals surface area contributed by atoms with E-state index < -0.39 is 12.0 Å². The molecule has 3 rings (SSSR count). The fourth-order valence-corrected chi connectivity index (χ4v) is 4.10. The summed E-state index contributed by atoms with van der Waals surface area (Å²) in [5.41, 5.74) is 1.37. The third-order valence-corrected chi connectivity index (χ3v) is 5.07. The molecule has 0 aromatic heterocycles. The fraction of sp³-hybridized carbons (Fsp3) is 0.500. The molecule has 1 aromatic rings. The van der Waals surface area contributed by atoms with E-state index in [4.69, 9.17) is 11.6 Å². The van der Waals surface area contributed by atoms with E-state index >= 15 is 0 Å². The van der Waals surface area contributed by atoms with Gasteiger partial charge in [-0.2, -0.15) is 0 Å². The van der Waals surface area contributed by atoms with Gasteiger partial charge < -0.3 is 10.0 Å². The highest BCUT2D eigenvalue weighted by atomic mass is 35.5. The van der Waals surface area contributed by atoms with Crippen molar-refractivity contribution in [2.75, 3.05) is 6.54 Å². The number of carboxylic acid groups (broad SMARTS) is 1. The highest BCUT2D eigenvalue weighted by molar-refractivity contribution is 6.34. The van der Waals surface area contributed by atoms with E-state index in [2.05, 4.69) is 0 Å². The number of nitrogens with zero attached hydrogens (tertiary/aromatic N) is 1. The lowest BCUT2D eigenvalue weighted by Crippen LogP contribution is -2.43. The second kappa shape index (κ2) is 5.34. The van der Waals surface area contributed by atoms with Crippen LogP contribution in [0.25, 0.3) is 0 Å². The van der Waals surface area contributed by atoms with Gasteiger partial charge in [0.1, 0.15) is 6.04 Å². The number of benzene rings is 1. The van der Waals surface area contributed by atoms with Crippen molar-refractivity contribution in [2.24, 2.45) is 11.8 Å². The van der Waals surface area contributed by atoms with Crippen molar-refractivity contribution in [3.05, 3.63) is 34.3 Å². The summed E-state index contributed by atoms with van der Waals surface area (Å²) >= 11 is 6.16. The van der Waals surface area contributed by atoms with Crippen LogP contribution in [0.5, 0.6) is 0 Å². The molecule has 0 radical (unpaired) electrons. The summed E-state index contributed by atoms with van der Waals surface area (Å²) in [5.74, 6) is -0.752. The first-order valence-corrected chi connectivity index (χ1v) is 7.66. The maximum absolute atomic E-state index is 12.7. The van der Waals surface area contributed by atoms with Crippen LogP contribution in [-0.4, -0.2) is 34.5 Å². The van der Waals surface area contributed by atoms with Crippen molar-refractivity contribution in [1.82, 2.24) is 4.90 Å². The summed E-state index contributed by atoms with van der Waals surface area (Å²) in [6.45, 7) is 2.44. The Morgan fingerprint density at radius 3 is 2.76 bits per heavy atom. The van der Waals surface area contributed by atoms with Crippen LogP contribution in [0.2, 0.25) is 5.02 Å². The molecule has 1 aromatic carbocycles. The van der Waals surface area contributed by atoms with E-state index in [0.717, 1.165) is 24.8 Å². The lowest BCUT2D eigenvalue weighted by atomic mass is 9.94. The van der Waals surface area contributed by atoms with Crippen LogP contribution in [0.4, 0.5) is 0 Å². The van der Waals surface area contributed by atoms with Gasteiger partial charge in [0.05, 0.1) is 10.6 Å². The molecule has 5 heteroatoms. The first-order chi connectivity index (χ1) is 9.99. The number of carboxylic acids is 1. The van der Waals surface area contributed by atoms with Crippen LogP contribution in [-0.2, 0) is 4.79 Å². The molecule has 1 saturated heterocycles. The Morgan fingerprint density at radius 1 is 1.33 bits per heavy atom. The number of carbonyl (C=O) groups is 2. The standard InChI is InChI=1S/C16H18ClNO3/c1-9-5-6-12(13(17)7-9)15(19)18-8-10-3-2-4-11(10)14(18)16(20)21/h5-7,10-11,14H,2-4,8H2,1H3,(H,20,21). The third-order valence-electron chi connectivity index (χ3n) is 4.76. The zero-order valence-corrected chi connectivity index (χ0v) is 12.6. The second-order valence-electron chi connectivity index (χ2n) is 6.08. The van der Waals surface area contributed by atoms with Gasteiger partial charge in [0.15, 0.2) is 0 Å². The molecule has 3 unspecified atom stereocenters. The van der Waals surface area contributed by atoms with Gasteiger partial charge in [-0.25, -0.2) is 4.79 Å². The summed E-state index contributed by atoms with van der Waals surface area (Å²) in [7, 11) is 0. The maximum atomic E-state index is 12.7. The van der Waals surface area contributed by atoms with Crippen molar-refractivity contribution in [3.8, 4) is 0 Å². The van der Waals surface area contributed by atoms with Crippen LogP contribution in [0.1, 0.15) is 35.2 Å². The number of fused-ring (bicyclic) bond motifs is 1. The number of amides is 1. The van der Waals surface area contributed by atoms with Crippen molar-refractivity contribution >= 4 is 23.5 Å². The predicted octanol–water partition coefficient (Wildman–Crippen LogP) is 2.97. The molecule has 21 heavy (non-hydrogen) atoms. The Balaban J connectivity index is 1.91. The average molecular weight is 308 g/mol. The predicted molar refractivity (Wildman–Crippen MR) is 79.5 cm³/mol. The third kappa shape index (κ3) is 2.42. The first kappa shape index (κ1) is 14.4. The van der Waals surface area contributed by atoms with Gasteiger partial charge in [-0.05, 0) is 49.3 Å². The quantitative estimate of drug-likeness (QED) is 0.914. The minimum Gasteiger partial charge on any atom is -0.480 e. The van der Waals surface area contributed by atoms with E-state index in [1.807, 2.05) is 13.0 Å². The number of aryl methyl sites for hydroxylation is 1. The number of carbonyl (C=O) groups excluding carboxylic acids is 1.